The number of fused-ring (bicyclic) bond motifs is 2. The highest BCUT2D eigenvalue weighted by molar-refractivity contribution is 6.74. The van der Waals surface area contributed by atoms with Crippen molar-refractivity contribution in [2.75, 3.05) is 13.1 Å². The molecule has 0 amide bonds. The van der Waals surface area contributed by atoms with Crippen LogP contribution in [0.3, 0.4) is 0 Å². The molecule has 134 valence electrons. The molecule has 2 aliphatic rings. The molecule has 3 atom stereocenters. The lowest BCUT2D eigenvalue weighted by Gasteiger charge is -2.35. The minimum atomic E-state index is -1.79. The number of hydroxylamine groups is 2. The zero-order valence-electron chi connectivity index (χ0n) is 15.1. The van der Waals surface area contributed by atoms with Gasteiger partial charge in [0.05, 0.1) is 24.0 Å². The molecular weight excluding hydrogens is 324 g/mol. The van der Waals surface area contributed by atoms with Gasteiger partial charge in [0.25, 0.3) is 0 Å². The molecule has 0 aliphatic carbocycles. The van der Waals surface area contributed by atoms with E-state index >= 15 is 0 Å². The van der Waals surface area contributed by atoms with E-state index in [1.54, 1.807) is 0 Å². The zero-order chi connectivity index (χ0) is 17.7. The van der Waals surface area contributed by atoms with Crippen molar-refractivity contribution in [1.29, 1.82) is 0 Å². The molecule has 0 saturated carbocycles. The first-order chi connectivity index (χ1) is 11.1. The zero-order valence-corrected chi connectivity index (χ0v) is 16.1. The van der Waals surface area contributed by atoms with Crippen molar-refractivity contribution in [3.63, 3.8) is 0 Å². The Hall–Kier alpha value is -1.03. The Labute approximate surface area is 144 Å². The van der Waals surface area contributed by atoms with Crippen molar-refractivity contribution in [1.82, 2.24) is 19.7 Å². The largest absolute Gasteiger partial charge is 0.411 e. The van der Waals surface area contributed by atoms with Crippen LogP contribution < -0.4 is 0 Å². The number of aromatic nitrogens is 2. The van der Waals surface area contributed by atoms with Gasteiger partial charge in [-0.15, -0.1) is 5.06 Å². The number of nitrogens with zero attached hydrogens (tertiary/aromatic N) is 4. The van der Waals surface area contributed by atoms with Gasteiger partial charge in [-0.05, 0) is 30.3 Å². The molecule has 2 N–H and O–H groups in total. The lowest BCUT2D eigenvalue weighted by atomic mass is 10.2. The summed E-state index contributed by atoms with van der Waals surface area (Å²) in [6.07, 6.45) is 2.93. The van der Waals surface area contributed by atoms with Crippen LogP contribution in [0.25, 0.3) is 5.70 Å². The minimum Gasteiger partial charge on any atom is -0.411 e. The standard InChI is InChI=1S/C16H28N4O3Si/c1-16(2,3)24(4,5)23-11-12-6-7-19(17-12)13-8-14-10-18(9-13)15(21)20(14)22/h6-8,14-15,21-22H,9-11H2,1-5H3. The van der Waals surface area contributed by atoms with Crippen LogP contribution in [0.4, 0.5) is 0 Å². The van der Waals surface area contributed by atoms with Gasteiger partial charge in [-0.3, -0.25) is 4.90 Å². The van der Waals surface area contributed by atoms with Crippen molar-refractivity contribution < 1.29 is 14.7 Å². The van der Waals surface area contributed by atoms with Gasteiger partial charge in [-0.25, -0.2) is 4.68 Å². The average molecular weight is 353 g/mol. The normalized spacial score (nSPS) is 28.3. The van der Waals surface area contributed by atoms with Crippen molar-refractivity contribution in [3.05, 3.63) is 24.0 Å². The summed E-state index contributed by atoms with van der Waals surface area (Å²) in [5, 5.41) is 25.5. The summed E-state index contributed by atoms with van der Waals surface area (Å²) in [6.45, 7) is 12.8. The first kappa shape index (κ1) is 17.8. The van der Waals surface area contributed by atoms with Crippen LogP contribution in [-0.2, 0) is 11.0 Å². The Morgan fingerprint density at radius 3 is 2.71 bits per heavy atom. The van der Waals surface area contributed by atoms with E-state index in [-0.39, 0.29) is 11.1 Å². The molecule has 3 unspecified atom stereocenters. The fraction of sp³-hybridized carbons (Fsp3) is 0.688. The number of aliphatic hydroxyl groups is 1. The van der Waals surface area contributed by atoms with E-state index in [1.165, 1.54) is 0 Å². The highest BCUT2D eigenvalue weighted by Crippen LogP contribution is 2.37. The fourth-order valence-corrected chi connectivity index (χ4v) is 3.67. The van der Waals surface area contributed by atoms with Gasteiger partial charge < -0.3 is 14.7 Å². The Bertz CT molecular complexity index is 638. The number of aliphatic hydroxyl groups excluding tert-OH is 1. The first-order valence-corrected chi connectivity index (χ1v) is 11.3. The van der Waals surface area contributed by atoms with Gasteiger partial charge in [-0.2, -0.15) is 5.10 Å². The Morgan fingerprint density at radius 1 is 1.38 bits per heavy atom. The third kappa shape index (κ3) is 3.22. The Kier molecular flexibility index (Phi) is 4.48. The number of hydrogen-bond donors (Lipinski definition) is 2. The summed E-state index contributed by atoms with van der Waals surface area (Å²) in [6, 6.07) is 1.77. The van der Waals surface area contributed by atoms with Gasteiger partial charge in [0, 0.05) is 19.3 Å². The third-order valence-electron chi connectivity index (χ3n) is 5.40. The molecule has 0 radical (unpaired) electrons. The second-order valence-corrected chi connectivity index (χ2v) is 13.0. The Balaban J connectivity index is 1.68. The van der Waals surface area contributed by atoms with Crippen LogP contribution >= 0.6 is 0 Å². The maximum absolute atomic E-state index is 9.91. The second kappa shape index (κ2) is 6.05. The molecule has 1 saturated heterocycles. The monoisotopic (exact) mass is 352 g/mol. The van der Waals surface area contributed by atoms with Crippen LogP contribution in [0, 0.1) is 0 Å². The number of hydrogen-bond acceptors (Lipinski definition) is 6. The Morgan fingerprint density at radius 2 is 2.08 bits per heavy atom. The summed E-state index contributed by atoms with van der Waals surface area (Å²) in [7, 11) is -1.79. The molecule has 7 nitrogen and oxygen atoms in total. The molecule has 3 heterocycles. The van der Waals surface area contributed by atoms with Crippen LogP contribution in [0.5, 0.6) is 0 Å². The predicted octanol–water partition coefficient (Wildman–Crippen LogP) is 1.91. The maximum atomic E-state index is 9.91. The predicted molar refractivity (Wildman–Crippen MR) is 93.5 cm³/mol. The van der Waals surface area contributed by atoms with Crippen molar-refractivity contribution >= 4 is 14.0 Å². The summed E-state index contributed by atoms with van der Waals surface area (Å²) >= 11 is 0. The van der Waals surface area contributed by atoms with Crippen LogP contribution in [-0.4, -0.2) is 63.9 Å². The molecule has 2 aliphatic heterocycles. The third-order valence-corrected chi connectivity index (χ3v) is 9.88. The smallest absolute Gasteiger partial charge is 0.192 e. The molecule has 1 fully saturated rings. The lowest BCUT2D eigenvalue weighted by molar-refractivity contribution is -0.214. The first-order valence-electron chi connectivity index (χ1n) is 8.37. The van der Waals surface area contributed by atoms with Gasteiger partial charge in [-0.1, -0.05) is 20.8 Å². The summed E-state index contributed by atoms with van der Waals surface area (Å²) in [4.78, 5) is 1.81. The topological polar surface area (TPSA) is 74.0 Å². The van der Waals surface area contributed by atoms with Crippen LogP contribution in [0.15, 0.2) is 18.3 Å². The van der Waals surface area contributed by atoms with E-state index in [2.05, 4.69) is 39.0 Å². The van der Waals surface area contributed by atoms with E-state index in [9.17, 15) is 10.3 Å². The van der Waals surface area contributed by atoms with Crippen LogP contribution in [0.2, 0.25) is 18.1 Å². The van der Waals surface area contributed by atoms with E-state index in [1.807, 2.05) is 27.9 Å². The van der Waals surface area contributed by atoms with Crippen molar-refractivity contribution in [2.45, 2.75) is 57.9 Å². The van der Waals surface area contributed by atoms with E-state index in [0.717, 1.165) is 16.5 Å². The molecule has 0 spiro atoms. The highest BCUT2D eigenvalue weighted by Gasteiger charge is 2.41. The molecule has 2 bridgehead atoms. The quantitative estimate of drug-likeness (QED) is 0.807. The molecule has 1 aromatic heterocycles. The van der Waals surface area contributed by atoms with Gasteiger partial charge in [0.1, 0.15) is 0 Å². The average Bonchev–Trinajstić information content (AvgIpc) is 3.05. The van der Waals surface area contributed by atoms with Crippen molar-refractivity contribution in [2.24, 2.45) is 0 Å². The van der Waals surface area contributed by atoms with Crippen LogP contribution in [0.1, 0.15) is 26.5 Å². The van der Waals surface area contributed by atoms with Crippen molar-refractivity contribution in [3.8, 4) is 0 Å². The van der Waals surface area contributed by atoms with E-state index < -0.39 is 14.7 Å². The summed E-state index contributed by atoms with van der Waals surface area (Å²) in [5.74, 6) is 0. The molecule has 8 heteroatoms. The minimum absolute atomic E-state index is 0.175. The second-order valence-electron chi connectivity index (χ2n) is 8.18. The van der Waals surface area contributed by atoms with Gasteiger partial charge in [0.2, 0.25) is 0 Å². The maximum Gasteiger partial charge on any atom is 0.192 e. The summed E-state index contributed by atoms with van der Waals surface area (Å²) in [5.41, 5.74) is 1.86. The highest BCUT2D eigenvalue weighted by atomic mass is 28.4. The SMILES string of the molecule is CC(C)(C)[Si](C)(C)OCc1ccn(C2=CC3CN(C2)C(O)N3O)n1. The molecule has 24 heavy (non-hydrogen) atoms. The summed E-state index contributed by atoms with van der Waals surface area (Å²) < 4.78 is 8.03. The van der Waals surface area contributed by atoms with Gasteiger partial charge >= 0.3 is 0 Å². The molecule has 0 aromatic carbocycles. The fourth-order valence-electron chi connectivity index (χ4n) is 2.73. The van der Waals surface area contributed by atoms with Gasteiger partial charge in [0.15, 0.2) is 14.7 Å². The van der Waals surface area contributed by atoms with E-state index in [4.69, 9.17) is 4.43 Å². The lowest BCUT2D eigenvalue weighted by Crippen LogP contribution is -2.40. The van der Waals surface area contributed by atoms with E-state index in [0.29, 0.717) is 19.7 Å². The molecular formula is C16H28N4O3Si. The molecule has 3 rings (SSSR count). The number of rotatable bonds is 4. The molecule has 1 aromatic rings.